The topological polar surface area (TPSA) is 94.7 Å². The van der Waals surface area contributed by atoms with E-state index in [2.05, 4.69) is 10.2 Å². The number of aromatic nitrogens is 2. The summed E-state index contributed by atoms with van der Waals surface area (Å²) in [7, 11) is 1.49. The summed E-state index contributed by atoms with van der Waals surface area (Å²) in [5.41, 5.74) is 0.0426. The van der Waals surface area contributed by atoms with Crippen LogP contribution < -0.4 is 9.47 Å². The molecule has 0 spiro atoms. The van der Waals surface area contributed by atoms with Crippen molar-refractivity contribution < 1.29 is 23.8 Å². The molecule has 0 aliphatic heterocycles. The van der Waals surface area contributed by atoms with Crippen molar-refractivity contribution >= 4 is 5.97 Å². The number of ether oxygens (including phenoxy) is 2. The molecule has 0 aliphatic rings. The molecule has 106 valence electrons. The second kappa shape index (κ2) is 6.05. The molecule has 0 atom stereocenters. The Morgan fingerprint density at radius 3 is 2.70 bits per heavy atom. The molecule has 20 heavy (non-hydrogen) atoms. The standard InChI is InChI=1S/C13H14N2O5/c1-3-11-14-15-12(20-11)7-19-10-6-8(18-2)4-5-9(10)13(16)17/h4-6H,3,7H2,1-2H3,(H,16,17). The summed E-state index contributed by atoms with van der Waals surface area (Å²) < 4.78 is 15.8. The highest BCUT2D eigenvalue weighted by molar-refractivity contribution is 5.91. The van der Waals surface area contributed by atoms with Crippen molar-refractivity contribution in [2.24, 2.45) is 0 Å². The summed E-state index contributed by atoms with van der Waals surface area (Å²) in [6, 6.07) is 4.47. The molecule has 1 heterocycles. The number of aryl methyl sites for hydroxylation is 1. The molecule has 0 fully saturated rings. The number of hydrogen-bond donors (Lipinski definition) is 1. The molecule has 0 aliphatic carbocycles. The molecule has 0 radical (unpaired) electrons. The van der Waals surface area contributed by atoms with Gasteiger partial charge in [0.15, 0.2) is 6.61 Å². The molecule has 1 aromatic heterocycles. The van der Waals surface area contributed by atoms with E-state index in [1.165, 1.54) is 19.2 Å². The average Bonchev–Trinajstić information content (AvgIpc) is 2.92. The van der Waals surface area contributed by atoms with Crippen molar-refractivity contribution in [1.29, 1.82) is 0 Å². The molecule has 0 saturated heterocycles. The van der Waals surface area contributed by atoms with Gasteiger partial charge in [-0.3, -0.25) is 0 Å². The average molecular weight is 278 g/mol. The first-order valence-electron chi connectivity index (χ1n) is 5.99. The van der Waals surface area contributed by atoms with Crippen molar-refractivity contribution in [3.63, 3.8) is 0 Å². The third-order valence-electron chi connectivity index (χ3n) is 2.58. The van der Waals surface area contributed by atoms with Crippen LogP contribution in [0.4, 0.5) is 0 Å². The first kappa shape index (κ1) is 13.9. The molecule has 1 N–H and O–H groups in total. The van der Waals surface area contributed by atoms with Crippen LogP contribution in [0.15, 0.2) is 22.6 Å². The van der Waals surface area contributed by atoms with Crippen molar-refractivity contribution in [1.82, 2.24) is 10.2 Å². The maximum absolute atomic E-state index is 11.1. The van der Waals surface area contributed by atoms with Crippen LogP contribution in [0, 0.1) is 0 Å². The largest absolute Gasteiger partial charge is 0.497 e. The molecule has 0 bridgehead atoms. The SMILES string of the molecule is CCc1nnc(COc2cc(OC)ccc2C(=O)O)o1. The predicted octanol–water partition coefficient (Wildman–Crippen LogP) is 1.92. The Labute approximate surface area is 115 Å². The number of benzene rings is 1. The van der Waals surface area contributed by atoms with Gasteiger partial charge in [0.05, 0.1) is 7.11 Å². The quantitative estimate of drug-likeness (QED) is 0.862. The van der Waals surface area contributed by atoms with E-state index in [4.69, 9.17) is 19.0 Å². The number of carbonyl (C=O) groups is 1. The van der Waals surface area contributed by atoms with Gasteiger partial charge in [0.2, 0.25) is 5.89 Å². The fourth-order valence-electron chi connectivity index (χ4n) is 1.55. The van der Waals surface area contributed by atoms with Gasteiger partial charge in [0.1, 0.15) is 17.1 Å². The van der Waals surface area contributed by atoms with E-state index in [0.717, 1.165) is 0 Å². The van der Waals surface area contributed by atoms with Gasteiger partial charge >= 0.3 is 5.97 Å². The van der Waals surface area contributed by atoms with E-state index in [-0.39, 0.29) is 17.9 Å². The first-order valence-corrected chi connectivity index (χ1v) is 5.99. The molecule has 2 rings (SSSR count). The summed E-state index contributed by atoms with van der Waals surface area (Å²) >= 11 is 0. The number of methoxy groups -OCH3 is 1. The van der Waals surface area contributed by atoms with Gasteiger partial charge in [-0.15, -0.1) is 10.2 Å². The Kier molecular flexibility index (Phi) is 4.19. The van der Waals surface area contributed by atoms with Crippen molar-refractivity contribution in [2.45, 2.75) is 20.0 Å². The van der Waals surface area contributed by atoms with E-state index in [1.807, 2.05) is 6.92 Å². The van der Waals surface area contributed by atoms with E-state index >= 15 is 0 Å². The zero-order valence-corrected chi connectivity index (χ0v) is 11.1. The van der Waals surface area contributed by atoms with Crippen LogP contribution in [0.5, 0.6) is 11.5 Å². The maximum Gasteiger partial charge on any atom is 0.339 e. The van der Waals surface area contributed by atoms with E-state index < -0.39 is 5.97 Å². The number of rotatable bonds is 6. The van der Waals surface area contributed by atoms with Crippen LogP contribution >= 0.6 is 0 Å². The van der Waals surface area contributed by atoms with Crippen LogP contribution in [0.3, 0.4) is 0 Å². The van der Waals surface area contributed by atoms with Crippen LogP contribution in [-0.4, -0.2) is 28.4 Å². The Balaban J connectivity index is 2.16. The van der Waals surface area contributed by atoms with Gasteiger partial charge in [-0.1, -0.05) is 6.92 Å². The summed E-state index contributed by atoms with van der Waals surface area (Å²) in [4.78, 5) is 11.1. The minimum Gasteiger partial charge on any atom is -0.497 e. The van der Waals surface area contributed by atoms with E-state index in [1.54, 1.807) is 6.07 Å². The minimum absolute atomic E-state index is 0.000444. The lowest BCUT2D eigenvalue weighted by atomic mass is 10.2. The summed E-state index contributed by atoms with van der Waals surface area (Å²) in [6.07, 6.45) is 0.631. The molecule has 7 nitrogen and oxygen atoms in total. The lowest BCUT2D eigenvalue weighted by molar-refractivity contribution is 0.0691. The van der Waals surface area contributed by atoms with Gasteiger partial charge in [-0.2, -0.15) is 0 Å². The maximum atomic E-state index is 11.1. The van der Waals surface area contributed by atoms with Crippen molar-refractivity contribution in [3.8, 4) is 11.5 Å². The molecule has 7 heteroatoms. The number of aromatic carboxylic acids is 1. The summed E-state index contributed by atoms with van der Waals surface area (Å²) in [6.45, 7) is 1.89. The molecular weight excluding hydrogens is 264 g/mol. The van der Waals surface area contributed by atoms with Gasteiger partial charge in [0.25, 0.3) is 5.89 Å². The Morgan fingerprint density at radius 2 is 2.10 bits per heavy atom. The first-order chi connectivity index (χ1) is 9.63. The van der Waals surface area contributed by atoms with E-state index in [0.29, 0.717) is 24.0 Å². The minimum atomic E-state index is -1.08. The van der Waals surface area contributed by atoms with Crippen LogP contribution in [0.2, 0.25) is 0 Å². The second-order valence-electron chi connectivity index (χ2n) is 3.90. The van der Waals surface area contributed by atoms with E-state index in [9.17, 15) is 4.79 Å². The number of hydrogen-bond acceptors (Lipinski definition) is 6. The smallest absolute Gasteiger partial charge is 0.339 e. The second-order valence-corrected chi connectivity index (χ2v) is 3.90. The number of nitrogens with zero attached hydrogens (tertiary/aromatic N) is 2. The lowest BCUT2D eigenvalue weighted by Gasteiger charge is -2.09. The predicted molar refractivity (Wildman–Crippen MR) is 68.0 cm³/mol. The van der Waals surface area contributed by atoms with Crippen LogP contribution in [0.1, 0.15) is 29.1 Å². The van der Waals surface area contributed by atoms with Crippen LogP contribution in [-0.2, 0) is 13.0 Å². The van der Waals surface area contributed by atoms with Gasteiger partial charge in [-0.25, -0.2) is 4.79 Å². The fraction of sp³-hybridized carbons (Fsp3) is 0.308. The van der Waals surface area contributed by atoms with Crippen LogP contribution in [0.25, 0.3) is 0 Å². The molecule has 0 saturated carbocycles. The van der Waals surface area contributed by atoms with Crippen molar-refractivity contribution in [3.05, 3.63) is 35.5 Å². The summed E-state index contributed by atoms with van der Waals surface area (Å²) in [5.74, 6) is 0.411. The number of carboxylic acids is 1. The van der Waals surface area contributed by atoms with Gasteiger partial charge < -0.3 is 19.0 Å². The fourth-order valence-corrected chi connectivity index (χ4v) is 1.55. The van der Waals surface area contributed by atoms with Crippen molar-refractivity contribution in [2.75, 3.05) is 7.11 Å². The Morgan fingerprint density at radius 1 is 1.35 bits per heavy atom. The molecule has 0 amide bonds. The number of carboxylic acid groups (broad SMARTS) is 1. The Hall–Kier alpha value is -2.57. The molecular formula is C13H14N2O5. The zero-order valence-electron chi connectivity index (χ0n) is 11.1. The van der Waals surface area contributed by atoms with Gasteiger partial charge in [-0.05, 0) is 12.1 Å². The highest BCUT2D eigenvalue weighted by Crippen LogP contribution is 2.25. The highest BCUT2D eigenvalue weighted by atomic mass is 16.5. The summed E-state index contributed by atoms with van der Waals surface area (Å²) in [5, 5.41) is 16.7. The zero-order chi connectivity index (χ0) is 14.5. The molecule has 1 aromatic carbocycles. The Bertz CT molecular complexity index is 609. The third kappa shape index (κ3) is 3.05. The molecule has 0 unspecified atom stereocenters. The monoisotopic (exact) mass is 278 g/mol. The highest BCUT2D eigenvalue weighted by Gasteiger charge is 2.14. The lowest BCUT2D eigenvalue weighted by Crippen LogP contribution is -2.04. The van der Waals surface area contributed by atoms with Gasteiger partial charge in [0, 0.05) is 12.5 Å². The third-order valence-corrected chi connectivity index (χ3v) is 2.58. The normalized spacial score (nSPS) is 10.3. The molecule has 2 aromatic rings.